The number of piperidine rings is 1. The summed E-state index contributed by atoms with van der Waals surface area (Å²) in [5, 5.41) is 0. The fraction of sp³-hybridized carbons (Fsp3) is 0.382. The lowest BCUT2D eigenvalue weighted by molar-refractivity contribution is -0.164. The second-order valence-electron chi connectivity index (χ2n) is 11.3. The molecular weight excluding hydrogens is 615 g/mol. The Labute approximate surface area is 272 Å². The molecule has 13 heteroatoms. The predicted octanol–water partition coefficient (Wildman–Crippen LogP) is 3.71. The number of halogens is 1. The van der Waals surface area contributed by atoms with E-state index < -0.39 is 59.5 Å². The van der Waals surface area contributed by atoms with Gasteiger partial charge >= 0.3 is 11.9 Å². The molecule has 47 heavy (non-hydrogen) atoms. The number of Topliss-reactive ketones (excluding diaryl/α,β-unsaturated/α-hetero) is 1. The van der Waals surface area contributed by atoms with Crippen LogP contribution >= 0.6 is 0 Å². The van der Waals surface area contributed by atoms with Gasteiger partial charge in [0.1, 0.15) is 30.3 Å². The Balaban J connectivity index is 1.94. The third-order valence-corrected chi connectivity index (χ3v) is 7.30. The Kier molecular flexibility index (Phi) is 12.6. The number of nitrogens with zero attached hydrogens (tertiary/aromatic N) is 1. The van der Waals surface area contributed by atoms with E-state index >= 15 is 0 Å². The first kappa shape index (κ1) is 36.3. The van der Waals surface area contributed by atoms with E-state index in [0.29, 0.717) is 29.9 Å². The summed E-state index contributed by atoms with van der Waals surface area (Å²) in [4.78, 5) is 64.4. The number of nitrogens with two attached hydrogens (primary N) is 1. The van der Waals surface area contributed by atoms with E-state index in [1.165, 1.54) is 40.2 Å². The lowest BCUT2D eigenvalue weighted by Crippen LogP contribution is -2.53. The van der Waals surface area contributed by atoms with Gasteiger partial charge in [0.05, 0.1) is 19.6 Å². The van der Waals surface area contributed by atoms with Crippen molar-refractivity contribution >= 4 is 35.6 Å². The molecule has 12 nitrogen and oxygen atoms in total. The molecule has 2 atom stereocenters. The third kappa shape index (κ3) is 9.89. The molecule has 0 aliphatic carbocycles. The van der Waals surface area contributed by atoms with Gasteiger partial charge in [0.25, 0.3) is 11.8 Å². The van der Waals surface area contributed by atoms with Crippen molar-refractivity contribution in [3.05, 3.63) is 72.1 Å². The normalized spacial score (nSPS) is 15.3. The number of benzene rings is 2. The first-order valence-electron chi connectivity index (χ1n) is 14.8. The van der Waals surface area contributed by atoms with Gasteiger partial charge in [-0.25, -0.2) is 14.0 Å². The van der Waals surface area contributed by atoms with Crippen LogP contribution in [0, 0.1) is 11.2 Å². The maximum absolute atomic E-state index is 14.7. The zero-order chi connectivity index (χ0) is 34.7. The fourth-order valence-corrected chi connectivity index (χ4v) is 4.78. The average molecular weight is 655 g/mol. The number of amides is 2. The lowest BCUT2D eigenvalue weighted by Gasteiger charge is -2.36. The van der Waals surface area contributed by atoms with Crippen molar-refractivity contribution in [2.75, 3.05) is 34.0 Å². The summed E-state index contributed by atoms with van der Waals surface area (Å²) in [6.07, 6.45) is 4.20. The molecule has 0 bridgehead atoms. The number of likely N-dealkylation sites (tertiary alicyclic amines) is 1. The summed E-state index contributed by atoms with van der Waals surface area (Å²) in [5.74, 6) is -3.94. The van der Waals surface area contributed by atoms with Gasteiger partial charge in [-0.05, 0) is 69.0 Å². The molecule has 2 aromatic rings. The van der Waals surface area contributed by atoms with E-state index in [1.807, 2.05) is 0 Å². The number of methoxy groups -OCH3 is 2. The predicted molar refractivity (Wildman–Crippen MR) is 168 cm³/mol. The largest absolute Gasteiger partial charge is 0.493 e. The van der Waals surface area contributed by atoms with Crippen LogP contribution in [0.15, 0.2) is 55.1 Å². The van der Waals surface area contributed by atoms with Gasteiger partial charge in [0.15, 0.2) is 18.1 Å². The van der Waals surface area contributed by atoms with Crippen molar-refractivity contribution in [2.45, 2.75) is 45.3 Å². The van der Waals surface area contributed by atoms with Crippen molar-refractivity contribution in [1.29, 1.82) is 0 Å². The molecule has 1 saturated heterocycles. The number of carbonyl (C=O) groups excluding carboxylic acids is 5. The first-order chi connectivity index (χ1) is 22.3. The number of carbonyl (C=O) groups is 5. The number of rotatable bonds is 15. The van der Waals surface area contributed by atoms with Crippen LogP contribution in [0.25, 0.3) is 6.08 Å². The number of primary amides is 1. The van der Waals surface area contributed by atoms with E-state index in [0.717, 1.165) is 23.1 Å². The number of ketones is 1. The van der Waals surface area contributed by atoms with Crippen LogP contribution in [0.5, 0.6) is 17.2 Å². The third-order valence-electron chi connectivity index (χ3n) is 7.30. The molecular formula is C34H39FN2O10. The second-order valence-corrected chi connectivity index (χ2v) is 11.3. The topological polar surface area (TPSA) is 161 Å². The smallest absolute Gasteiger partial charge is 0.330 e. The van der Waals surface area contributed by atoms with Crippen LogP contribution in [0.4, 0.5) is 4.39 Å². The average Bonchev–Trinajstić information content (AvgIpc) is 3.06. The molecule has 1 fully saturated rings. The molecule has 0 aromatic heterocycles. The highest BCUT2D eigenvalue weighted by atomic mass is 19.1. The maximum Gasteiger partial charge on any atom is 0.330 e. The summed E-state index contributed by atoms with van der Waals surface area (Å²) in [6.45, 7) is 5.46. The number of hydrogen-bond acceptors (Lipinski definition) is 10. The van der Waals surface area contributed by atoms with Gasteiger partial charge in [-0.15, -0.1) is 0 Å². The highest BCUT2D eigenvalue weighted by Gasteiger charge is 2.42. The van der Waals surface area contributed by atoms with Gasteiger partial charge < -0.3 is 34.3 Å². The lowest BCUT2D eigenvalue weighted by atomic mass is 9.87. The zero-order valence-electron chi connectivity index (χ0n) is 26.8. The Bertz CT molecular complexity index is 1540. The minimum Gasteiger partial charge on any atom is -0.493 e. The summed E-state index contributed by atoms with van der Waals surface area (Å²) in [5.41, 5.74) is 4.57. The molecule has 252 valence electrons. The minimum absolute atomic E-state index is 0.0289. The molecule has 0 radical (unpaired) electrons. The summed E-state index contributed by atoms with van der Waals surface area (Å²) in [7, 11) is 2.98. The van der Waals surface area contributed by atoms with Gasteiger partial charge in [-0.3, -0.25) is 14.4 Å². The number of ether oxygens (including phenoxy) is 5. The Morgan fingerprint density at radius 1 is 1.06 bits per heavy atom. The monoisotopic (exact) mass is 654 g/mol. The highest BCUT2D eigenvalue weighted by Crippen LogP contribution is 2.31. The van der Waals surface area contributed by atoms with Gasteiger partial charge in [-0.1, -0.05) is 18.7 Å². The Morgan fingerprint density at radius 3 is 2.45 bits per heavy atom. The second kappa shape index (κ2) is 16.4. The van der Waals surface area contributed by atoms with Gasteiger partial charge in [0, 0.05) is 24.3 Å². The highest BCUT2D eigenvalue weighted by molar-refractivity contribution is 6.38. The first-order valence-corrected chi connectivity index (χ1v) is 14.8. The van der Waals surface area contributed by atoms with Crippen molar-refractivity contribution in [3.8, 4) is 17.2 Å². The van der Waals surface area contributed by atoms with E-state index in [2.05, 4.69) is 6.58 Å². The molecule has 0 saturated carbocycles. The molecule has 1 aliphatic heterocycles. The molecule has 2 N–H and O–H groups in total. The van der Waals surface area contributed by atoms with Crippen LogP contribution in [0.1, 0.15) is 50.3 Å². The zero-order valence-corrected chi connectivity index (χ0v) is 26.8. The van der Waals surface area contributed by atoms with E-state index in [9.17, 15) is 28.4 Å². The quantitative estimate of drug-likeness (QED) is 0.170. The Morgan fingerprint density at radius 2 is 1.79 bits per heavy atom. The number of esters is 2. The molecule has 0 spiro atoms. The minimum atomic E-state index is -1.38. The fourth-order valence-electron chi connectivity index (χ4n) is 4.78. The molecule has 0 unspecified atom stereocenters. The summed E-state index contributed by atoms with van der Waals surface area (Å²) < 4.78 is 41.6. The van der Waals surface area contributed by atoms with Crippen LogP contribution < -0.4 is 19.9 Å². The van der Waals surface area contributed by atoms with E-state index in [4.69, 9.17) is 29.4 Å². The van der Waals surface area contributed by atoms with Crippen molar-refractivity contribution in [1.82, 2.24) is 4.90 Å². The molecule has 2 aromatic carbocycles. The van der Waals surface area contributed by atoms with Crippen LogP contribution in [-0.2, 0) is 33.4 Å². The summed E-state index contributed by atoms with van der Waals surface area (Å²) >= 11 is 0. The van der Waals surface area contributed by atoms with E-state index in [-0.39, 0.29) is 30.9 Å². The van der Waals surface area contributed by atoms with Crippen molar-refractivity contribution in [2.24, 2.45) is 11.1 Å². The number of hydrogen-bond donors (Lipinski definition) is 1. The molecule has 2 amide bonds. The maximum atomic E-state index is 14.7. The molecule has 1 aliphatic rings. The van der Waals surface area contributed by atoms with Gasteiger partial charge in [-0.2, -0.15) is 0 Å². The van der Waals surface area contributed by atoms with E-state index in [1.54, 1.807) is 24.3 Å². The molecule has 3 rings (SSSR count). The van der Waals surface area contributed by atoms with Crippen LogP contribution in [-0.4, -0.2) is 74.5 Å². The molecule has 1 heterocycles. The van der Waals surface area contributed by atoms with Crippen molar-refractivity contribution < 1.29 is 52.0 Å². The standard InChI is InChI=1S/C34H39FN2O10/c1-6-30(39)46-20-34(2,3)31(40)32(41)37-14-8-7-9-25(37)33(42)47-26(12-10-21-11-13-27(43-4)28(15-21)44-5)22-16-23(35)18-24(17-22)45-19-29(36)38/h6,10-13,15-18,25-26H,1,7-9,14,19-20H2,2-5H3,(H2,36,38)/b12-10+/t25-,26+/m0/s1. The summed E-state index contributed by atoms with van der Waals surface area (Å²) in [6, 6.07) is 7.54. The SMILES string of the molecule is C=CC(=O)OCC(C)(C)C(=O)C(=O)N1CCCC[C@H]1C(=O)O[C@H](/C=C/c1ccc(OC)c(OC)c1)c1cc(F)cc(OCC(N)=O)c1. The van der Waals surface area contributed by atoms with Crippen molar-refractivity contribution in [3.63, 3.8) is 0 Å². The van der Waals surface area contributed by atoms with Crippen LogP contribution in [0.2, 0.25) is 0 Å². The Hall–Kier alpha value is -5.20. The van der Waals surface area contributed by atoms with Gasteiger partial charge in [0.2, 0.25) is 5.78 Å². The van der Waals surface area contributed by atoms with Crippen LogP contribution in [0.3, 0.4) is 0 Å².